The van der Waals surface area contributed by atoms with E-state index in [2.05, 4.69) is 5.32 Å². The van der Waals surface area contributed by atoms with Crippen molar-refractivity contribution >= 4 is 11.8 Å². The van der Waals surface area contributed by atoms with Gasteiger partial charge in [-0.05, 0) is 44.9 Å². The Bertz CT molecular complexity index is 512. The van der Waals surface area contributed by atoms with Crippen LogP contribution in [0.2, 0.25) is 0 Å². The smallest absolute Gasteiger partial charge is 0.407 e. The van der Waals surface area contributed by atoms with E-state index >= 15 is 0 Å². The minimum Gasteiger partial charge on any atom is -0.444 e. The number of carbonyl (C=O) groups is 1. The molecule has 0 bridgehead atoms. The summed E-state index contributed by atoms with van der Waals surface area (Å²) < 4.78 is 5.11. The van der Waals surface area contributed by atoms with Crippen LogP contribution in [0.4, 0.5) is 10.5 Å². The van der Waals surface area contributed by atoms with Crippen LogP contribution in [0.25, 0.3) is 0 Å². The maximum Gasteiger partial charge on any atom is 0.407 e. The lowest BCUT2D eigenvalue weighted by molar-refractivity contribution is 0.0123. The van der Waals surface area contributed by atoms with Gasteiger partial charge in [-0.25, -0.2) is 4.79 Å². The number of benzene rings is 1. The van der Waals surface area contributed by atoms with Gasteiger partial charge in [0.05, 0.1) is 6.10 Å². The summed E-state index contributed by atoms with van der Waals surface area (Å²) in [7, 11) is 3.82. The van der Waals surface area contributed by atoms with E-state index in [4.69, 9.17) is 4.74 Å². The number of nitrogens with one attached hydrogen (secondary N) is 1. The number of carbonyl (C=O) groups excluding carboxylic acids is 1. The minimum atomic E-state index is -1.00. The number of aliphatic hydroxyl groups excluding tert-OH is 2. The summed E-state index contributed by atoms with van der Waals surface area (Å²) in [6.07, 6.45) is -2.28. The molecule has 0 aliphatic rings. The highest BCUT2D eigenvalue weighted by Crippen LogP contribution is 2.23. The fraction of sp³-hybridized carbons (Fsp3) is 0.588. The number of hydrogen-bond acceptors (Lipinski definition) is 5. The number of aliphatic hydroxyl groups is 2. The van der Waals surface area contributed by atoms with Gasteiger partial charge in [-0.2, -0.15) is 0 Å². The monoisotopic (exact) mass is 324 g/mol. The zero-order chi connectivity index (χ0) is 17.6. The summed E-state index contributed by atoms with van der Waals surface area (Å²) in [5.74, 6) is 0. The lowest BCUT2D eigenvalue weighted by atomic mass is 10.0. The summed E-state index contributed by atoms with van der Waals surface area (Å²) >= 11 is 0. The summed E-state index contributed by atoms with van der Waals surface area (Å²) in [6, 6.07) is 7.35. The Kier molecular flexibility index (Phi) is 6.84. The van der Waals surface area contributed by atoms with Crippen molar-refractivity contribution in [2.75, 3.05) is 25.5 Å². The van der Waals surface area contributed by atoms with Crippen LogP contribution in [-0.4, -0.2) is 48.7 Å². The molecule has 1 rings (SSSR count). The predicted octanol–water partition coefficient (Wildman–Crippen LogP) is 2.06. The molecule has 0 aliphatic carbocycles. The summed E-state index contributed by atoms with van der Waals surface area (Å²) in [5.41, 5.74) is 1.02. The summed E-state index contributed by atoms with van der Waals surface area (Å²) in [4.78, 5) is 13.4. The molecule has 3 N–H and O–H groups in total. The molecule has 0 spiro atoms. The first-order valence-electron chi connectivity index (χ1n) is 7.70. The first-order valence-corrected chi connectivity index (χ1v) is 7.70. The van der Waals surface area contributed by atoms with Crippen molar-refractivity contribution in [2.45, 2.75) is 45.0 Å². The Morgan fingerprint density at radius 2 is 1.96 bits per heavy atom. The third kappa shape index (κ3) is 6.88. The highest BCUT2D eigenvalue weighted by Gasteiger charge is 2.20. The van der Waals surface area contributed by atoms with Crippen LogP contribution in [0, 0.1) is 0 Å². The van der Waals surface area contributed by atoms with Gasteiger partial charge >= 0.3 is 6.09 Å². The molecule has 1 aromatic carbocycles. The molecule has 1 amide bonds. The predicted molar refractivity (Wildman–Crippen MR) is 90.6 cm³/mol. The van der Waals surface area contributed by atoms with Gasteiger partial charge in [-0.15, -0.1) is 0 Å². The van der Waals surface area contributed by atoms with E-state index in [9.17, 15) is 15.0 Å². The largest absolute Gasteiger partial charge is 0.444 e. The molecular formula is C17H28N2O4. The summed E-state index contributed by atoms with van der Waals surface area (Å²) in [5, 5.41) is 22.9. The molecule has 0 fully saturated rings. The molecule has 2 unspecified atom stereocenters. The maximum atomic E-state index is 11.5. The van der Waals surface area contributed by atoms with Gasteiger partial charge in [0.1, 0.15) is 11.7 Å². The Morgan fingerprint density at radius 3 is 2.52 bits per heavy atom. The van der Waals surface area contributed by atoms with E-state index < -0.39 is 23.9 Å². The molecule has 6 heteroatoms. The van der Waals surface area contributed by atoms with Crippen LogP contribution >= 0.6 is 0 Å². The number of ether oxygens (including phenoxy) is 1. The van der Waals surface area contributed by atoms with Crippen LogP contribution in [-0.2, 0) is 4.74 Å². The lowest BCUT2D eigenvalue weighted by Gasteiger charge is -2.22. The second-order valence-corrected chi connectivity index (χ2v) is 6.72. The fourth-order valence-electron chi connectivity index (χ4n) is 2.00. The molecule has 0 heterocycles. The van der Waals surface area contributed by atoms with Crippen molar-refractivity contribution < 1.29 is 19.7 Å². The number of rotatable bonds is 6. The van der Waals surface area contributed by atoms with E-state index in [1.807, 2.05) is 37.2 Å². The number of alkyl carbamates (subject to hydrolysis) is 1. The molecule has 2 atom stereocenters. The first kappa shape index (κ1) is 19.3. The average Bonchev–Trinajstić information content (AvgIpc) is 2.44. The molecular weight excluding hydrogens is 296 g/mol. The van der Waals surface area contributed by atoms with E-state index in [1.54, 1.807) is 26.8 Å². The molecule has 0 saturated heterocycles. The van der Waals surface area contributed by atoms with Crippen molar-refractivity contribution in [1.29, 1.82) is 0 Å². The number of nitrogens with zero attached hydrogens (tertiary/aromatic N) is 1. The van der Waals surface area contributed by atoms with Crippen molar-refractivity contribution in [3.05, 3.63) is 29.8 Å². The highest BCUT2D eigenvalue weighted by molar-refractivity contribution is 5.67. The SMILES string of the molecule is CN(C)c1cccc(C(O)C(O)CCNC(=O)OC(C)(C)C)c1. The Morgan fingerprint density at radius 1 is 1.30 bits per heavy atom. The quantitative estimate of drug-likeness (QED) is 0.746. The lowest BCUT2D eigenvalue weighted by Crippen LogP contribution is -2.34. The van der Waals surface area contributed by atoms with Crippen LogP contribution in [0.15, 0.2) is 24.3 Å². The normalized spacial score (nSPS) is 14.0. The number of hydrogen-bond donors (Lipinski definition) is 3. The molecule has 0 aliphatic heterocycles. The Labute approximate surface area is 138 Å². The molecule has 0 saturated carbocycles. The third-order valence-corrected chi connectivity index (χ3v) is 3.20. The molecule has 0 aromatic heterocycles. The second kappa shape index (κ2) is 8.17. The van der Waals surface area contributed by atoms with Gasteiger partial charge in [0.15, 0.2) is 0 Å². The molecule has 1 aromatic rings. The van der Waals surface area contributed by atoms with Gasteiger partial charge in [0.25, 0.3) is 0 Å². The standard InChI is InChI=1S/C17H28N2O4/c1-17(2,3)23-16(22)18-10-9-14(20)15(21)12-7-6-8-13(11-12)19(4)5/h6-8,11,14-15,20-21H,9-10H2,1-5H3,(H,18,22). The first-order chi connectivity index (χ1) is 10.6. The third-order valence-electron chi connectivity index (χ3n) is 3.20. The van der Waals surface area contributed by atoms with Crippen LogP contribution in [0.1, 0.15) is 38.9 Å². The van der Waals surface area contributed by atoms with Gasteiger partial charge in [0, 0.05) is 26.3 Å². The van der Waals surface area contributed by atoms with Crippen LogP contribution < -0.4 is 10.2 Å². The van der Waals surface area contributed by atoms with Gasteiger partial charge in [-0.1, -0.05) is 12.1 Å². The second-order valence-electron chi connectivity index (χ2n) is 6.72. The zero-order valence-corrected chi connectivity index (χ0v) is 14.5. The van der Waals surface area contributed by atoms with Gasteiger partial charge in [0.2, 0.25) is 0 Å². The fourth-order valence-corrected chi connectivity index (χ4v) is 2.00. The zero-order valence-electron chi connectivity index (χ0n) is 14.5. The Hall–Kier alpha value is -1.79. The number of anilines is 1. The van der Waals surface area contributed by atoms with Crippen molar-refractivity contribution in [1.82, 2.24) is 5.32 Å². The molecule has 0 radical (unpaired) electrons. The molecule has 6 nitrogen and oxygen atoms in total. The molecule has 23 heavy (non-hydrogen) atoms. The van der Waals surface area contributed by atoms with Gasteiger partial charge < -0.3 is 25.2 Å². The highest BCUT2D eigenvalue weighted by atomic mass is 16.6. The van der Waals surface area contributed by atoms with Crippen molar-refractivity contribution in [3.63, 3.8) is 0 Å². The van der Waals surface area contributed by atoms with Crippen LogP contribution in [0.3, 0.4) is 0 Å². The van der Waals surface area contributed by atoms with E-state index in [1.165, 1.54) is 0 Å². The molecule has 130 valence electrons. The van der Waals surface area contributed by atoms with Crippen LogP contribution in [0.5, 0.6) is 0 Å². The van der Waals surface area contributed by atoms with Gasteiger partial charge in [-0.3, -0.25) is 0 Å². The van der Waals surface area contributed by atoms with E-state index in [0.717, 1.165) is 5.69 Å². The topological polar surface area (TPSA) is 82.0 Å². The van der Waals surface area contributed by atoms with E-state index in [-0.39, 0.29) is 13.0 Å². The number of amides is 1. The summed E-state index contributed by atoms with van der Waals surface area (Å²) in [6.45, 7) is 5.56. The van der Waals surface area contributed by atoms with Crippen molar-refractivity contribution in [3.8, 4) is 0 Å². The maximum absolute atomic E-state index is 11.5. The average molecular weight is 324 g/mol. The minimum absolute atomic E-state index is 0.223. The Balaban J connectivity index is 2.50. The van der Waals surface area contributed by atoms with Crippen molar-refractivity contribution in [2.24, 2.45) is 0 Å². The van der Waals surface area contributed by atoms with E-state index in [0.29, 0.717) is 5.56 Å².